The molecule has 0 aromatic carbocycles. The summed E-state index contributed by atoms with van der Waals surface area (Å²) >= 11 is 0. The zero-order valence-electron chi connectivity index (χ0n) is 9.20. The molecule has 5 nitrogen and oxygen atoms in total. The highest BCUT2D eigenvalue weighted by Crippen LogP contribution is 2.30. The molecule has 0 unspecified atom stereocenters. The van der Waals surface area contributed by atoms with Crippen LogP contribution in [0.25, 0.3) is 0 Å². The van der Waals surface area contributed by atoms with Crippen LogP contribution in [-0.2, 0) is 14.3 Å². The molecule has 0 spiro atoms. The first-order chi connectivity index (χ1) is 7.60. The first-order valence-corrected chi connectivity index (χ1v) is 5.29. The Labute approximate surface area is 94.5 Å². The third-order valence-corrected chi connectivity index (χ3v) is 2.86. The summed E-state index contributed by atoms with van der Waals surface area (Å²) in [6, 6.07) is 0. The number of carbonyl (C=O) groups excluding carboxylic acids is 1. The summed E-state index contributed by atoms with van der Waals surface area (Å²) in [6.07, 6.45) is 2.59. The topological polar surface area (TPSA) is 75.6 Å². The third-order valence-electron chi connectivity index (χ3n) is 2.86. The van der Waals surface area contributed by atoms with Gasteiger partial charge in [-0.25, -0.2) is 0 Å². The predicted octanol–water partition coefficient (Wildman–Crippen LogP) is 0.560. The summed E-state index contributed by atoms with van der Waals surface area (Å²) < 4.78 is 5.14. The van der Waals surface area contributed by atoms with Crippen LogP contribution in [0.5, 0.6) is 0 Å². The van der Waals surface area contributed by atoms with Gasteiger partial charge in [0.15, 0.2) is 0 Å². The monoisotopic (exact) mass is 227 g/mol. The molecule has 0 aromatic heterocycles. The van der Waals surface area contributed by atoms with E-state index in [9.17, 15) is 14.7 Å². The summed E-state index contributed by atoms with van der Waals surface area (Å²) in [4.78, 5) is 22.5. The molecule has 0 atom stereocenters. The van der Waals surface area contributed by atoms with Crippen LogP contribution in [0.15, 0.2) is 12.7 Å². The Kier molecular flexibility index (Phi) is 4.49. The standard InChI is InChI=1S/C11H17NO4/c1-2-3-9(13)12-8-11(10(14)15)4-6-16-7-5-11/h2H,1,3-8H2,(H,12,13)(H,14,15). The highest BCUT2D eigenvalue weighted by molar-refractivity contribution is 5.79. The Morgan fingerprint density at radius 1 is 1.44 bits per heavy atom. The van der Waals surface area contributed by atoms with Gasteiger partial charge in [0.1, 0.15) is 0 Å². The molecule has 0 aliphatic carbocycles. The lowest BCUT2D eigenvalue weighted by Gasteiger charge is -2.33. The predicted molar refractivity (Wildman–Crippen MR) is 57.9 cm³/mol. The van der Waals surface area contributed by atoms with Gasteiger partial charge >= 0.3 is 5.97 Å². The quantitative estimate of drug-likeness (QED) is 0.673. The molecule has 90 valence electrons. The maximum atomic E-state index is 11.2. The van der Waals surface area contributed by atoms with Gasteiger partial charge in [0.05, 0.1) is 5.41 Å². The highest BCUT2D eigenvalue weighted by atomic mass is 16.5. The molecule has 2 N–H and O–H groups in total. The molecule has 1 rings (SSSR count). The Morgan fingerprint density at radius 3 is 2.56 bits per heavy atom. The highest BCUT2D eigenvalue weighted by Gasteiger charge is 2.40. The minimum Gasteiger partial charge on any atom is -0.481 e. The number of carbonyl (C=O) groups is 2. The average molecular weight is 227 g/mol. The molecular weight excluding hydrogens is 210 g/mol. The number of carboxylic acids is 1. The van der Waals surface area contributed by atoms with Gasteiger partial charge in [-0.1, -0.05) is 6.08 Å². The Morgan fingerprint density at radius 2 is 2.06 bits per heavy atom. The molecule has 5 heteroatoms. The maximum Gasteiger partial charge on any atom is 0.311 e. The van der Waals surface area contributed by atoms with E-state index in [-0.39, 0.29) is 18.9 Å². The van der Waals surface area contributed by atoms with Gasteiger partial charge in [-0.2, -0.15) is 0 Å². The first-order valence-electron chi connectivity index (χ1n) is 5.29. The van der Waals surface area contributed by atoms with E-state index in [0.717, 1.165) is 0 Å². The van der Waals surface area contributed by atoms with E-state index >= 15 is 0 Å². The number of rotatable bonds is 5. The fraction of sp³-hybridized carbons (Fsp3) is 0.636. The molecule has 1 heterocycles. The number of amides is 1. The molecule has 1 amide bonds. The normalized spacial score (nSPS) is 18.8. The van der Waals surface area contributed by atoms with Crippen LogP contribution in [0, 0.1) is 5.41 Å². The van der Waals surface area contributed by atoms with E-state index in [0.29, 0.717) is 26.1 Å². The van der Waals surface area contributed by atoms with E-state index in [1.165, 1.54) is 6.08 Å². The molecule has 0 radical (unpaired) electrons. The van der Waals surface area contributed by atoms with E-state index in [4.69, 9.17) is 4.74 Å². The molecule has 1 aliphatic rings. The number of hydrogen-bond acceptors (Lipinski definition) is 3. The molecule has 0 saturated carbocycles. The summed E-state index contributed by atoms with van der Waals surface area (Å²) in [6.45, 7) is 4.48. The molecule has 1 fully saturated rings. The van der Waals surface area contributed by atoms with Crippen LogP contribution in [-0.4, -0.2) is 36.7 Å². The van der Waals surface area contributed by atoms with Gasteiger partial charge < -0.3 is 15.2 Å². The van der Waals surface area contributed by atoms with Crippen LogP contribution in [0.2, 0.25) is 0 Å². The molecule has 16 heavy (non-hydrogen) atoms. The van der Waals surface area contributed by atoms with E-state index in [1.54, 1.807) is 0 Å². The third kappa shape index (κ3) is 3.06. The van der Waals surface area contributed by atoms with E-state index in [2.05, 4.69) is 11.9 Å². The molecule has 1 aliphatic heterocycles. The summed E-state index contributed by atoms with van der Waals surface area (Å²) in [5.41, 5.74) is -0.866. The number of hydrogen-bond donors (Lipinski definition) is 2. The Hall–Kier alpha value is -1.36. The van der Waals surface area contributed by atoms with Crippen LogP contribution < -0.4 is 5.32 Å². The second kappa shape index (κ2) is 5.65. The SMILES string of the molecule is C=CCC(=O)NCC1(C(=O)O)CCOCC1. The van der Waals surface area contributed by atoms with Crippen molar-refractivity contribution in [3.05, 3.63) is 12.7 Å². The van der Waals surface area contributed by atoms with E-state index < -0.39 is 11.4 Å². The minimum atomic E-state index is -0.866. The number of carboxylic acid groups (broad SMARTS) is 1. The lowest BCUT2D eigenvalue weighted by molar-refractivity contribution is -0.154. The number of ether oxygens (including phenoxy) is 1. The second-order valence-corrected chi connectivity index (χ2v) is 3.97. The van der Waals surface area contributed by atoms with Gasteiger partial charge in [0.2, 0.25) is 5.91 Å². The van der Waals surface area contributed by atoms with Crippen LogP contribution in [0.4, 0.5) is 0 Å². The van der Waals surface area contributed by atoms with Crippen molar-refractivity contribution in [2.75, 3.05) is 19.8 Å². The van der Waals surface area contributed by atoms with Crippen molar-refractivity contribution < 1.29 is 19.4 Å². The van der Waals surface area contributed by atoms with Gasteiger partial charge in [0, 0.05) is 26.2 Å². The number of aliphatic carboxylic acids is 1. The van der Waals surface area contributed by atoms with E-state index in [1.807, 2.05) is 0 Å². The lowest BCUT2D eigenvalue weighted by atomic mass is 9.80. The first kappa shape index (κ1) is 12.7. The summed E-state index contributed by atoms with van der Waals surface area (Å²) in [7, 11) is 0. The summed E-state index contributed by atoms with van der Waals surface area (Å²) in [5.74, 6) is -1.06. The Bertz CT molecular complexity index is 282. The largest absolute Gasteiger partial charge is 0.481 e. The van der Waals surface area contributed by atoms with Gasteiger partial charge in [-0.3, -0.25) is 9.59 Å². The fourth-order valence-electron chi connectivity index (χ4n) is 1.70. The fourth-order valence-corrected chi connectivity index (χ4v) is 1.70. The molecular formula is C11H17NO4. The molecule has 1 saturated heterocycles. The van der Waals surface area contributed by atoms with Crippen LogP contribution in [0.3, 0.4) is 0 Å². The van der Waals surface area contributed by atoms with Crippen molar-refractivity contribution in [3.8, 4) is 0 Å². The van der Waals surface area contributed by atoms with Gasteiger partial charge in [-0.15, -0.1) is 6.58 Å². The van der Waals surface area contributed by atoms with Crippen molar-refractivity contribution in [3.63, 3.8) is 0 Å². The van der Waals surface area contributed by atoms with Crippen molar-refractivity contribution in [1.29, 1.82) is 0 Å². The Balaban J connectivity index is 2.54. The van der Waals surface area contributed by atoms with Gasteiger partial charge in [0.25, 0.3) is 0 Å². The lowest BCUT2D eigenvalue weighted by Crippen LogP contribution is -2.46. The zero-order chi connectivity index (χ0) is 12.0. The van der Waals surface area contributed by atoms with Crippen molar-refractivity contribution >= 4 is 11.9 Å². The van der Waals surface area contributed by atoms with Gasteiger partial charge in [-0.05, 0) is 12.8 Å². The smallest absolute Gasteiger partial charge is 0.311 e. The zero-order valence-corrected chi connectivity index (χ0v) is 9.20. The second-order valence-electron chi connectivity index (χ2n) is 3.97. The van der Waals surface area contributed by atoms with Crippen LogP contribution >= 0.6 is 0 Å². The van der Waals surface area contributed by atoms with Crippen LogP contribution in [0.1, 0.15) is 19.3 Å². The molecule has 0 aromatic rings. The summed E-state index contributed by atoms with van der Waals surface area (Å²) in [5, 5.41) is 11.8. The maximum absolute atomic E-state index is 11.2. The van der Waals surface area contributed by atoms with Crippen molar-refractivity contribution in [2.24, 2.45) is 5.41 Å². The van der Waals surface area contributed by atoms with Crippen molar-refractivity contribution in [2.45, 2.75) is 19.3 Å². The van der Waals surface area contributed by atoms with Crippen molar-refractivity contribution in [1.82, 2.24) is 5.32 Å². The average Bonchev–Trinajstić information content (AvgIpc) is 2.28. The minimum absolute atomic E-state index is 0.165. The molecule has 0 bridgehead atoms. The number of nitrogens with one attached hydrogen (secondary N) is 1.